The number of para-hydroxylation sites is 2. The van der Waals surface area contributed by atoms with Crippen molar-refractivity contribution in [3.05, 3.63) is 64.6 Å². The average Bonchev–Trinajstić information content (AvgIpc) is 2.85. The van der Waals surface area contributed by atoms with Crippen LogP contribution in [-0.4, -0.2) is 15.6 Å². The molecule has 0 spiro atoms. The van der Waals surface area contributed by atoms with E-state index in [-0.39, 0.29) is 11.9 Å². The van der Waals surface area contributed by atoms with Crippen LogP contribution in [0.5, 0.6) is 0 Å². The van der Waals surface area contributed by atoms with Crippen LogP contribution in [0, 0.1) is 5.82 Å². The van der Waals surface area contributed by atoms with Gasteiger partial charge in [-0.05, 0) is 36.2 Å². The highest BCUT2D eigenvalue weighted by Gasteiger charge is 2.10. The SMILES string of the molecule is NC(Cc1ccc(F)cc1Br)Cn1cnc2ccccc21. The summed E-state index contributed by atoms with van der Waals surface area (Å²) in [6.45, 7) is 0.671. The molecular formula is C16H15BrFN3. The molecule has 0 fully saturated rings. The summed E-state index contributed by atoms with van der Waals surface area (Å²) in [6.07, 6.45) is 2.48. The Kier molecular flexibility index (Phi) is 4.03. The van der Waals surface area contributed by atoms with Crippen LogP contribution in [0.4, 0.5) is 4.39 Å². The lowest BCUT2D eigenvalue weighted by molar-refractivity contribution is 0.557. The number of nitrogens with two attached hydrogens (primary N) is 1. The van der Waals surface area contributed by atoms with Gasteiger partial charge in [0.05, 0.1) is 17.4 Å². The maximum absolute atomic E-state index is 13.1. The predicted octanol–water partition coefficient (Wildman–Crippen LogP) is 3.51. The molecule has 0 aliphatic rings. The van der Waals surface area contributed by atoms with Gasteiger partial charge in [0.25, 0.3) is 0 Å². The van der Waals surface area contributed by atoms with Gasteiger partial charge in [-0.25, -0.2) is 9.37 Å². The maximum atomic E-state index is 13.1. The molecule has 0 aliphatic heterocycles. The van der Waals surface area contributed by atoms with E-state index in [2.05, 4.69) is 25.5 Å². The summed E-state index contributed by atoms with van der Waals surface area (Å²) in [7, 11) is 0. The van der Waals surface area contributed by atoms with Crippen molar-refractivity contribution in [2.24, 2.45) is 5.73 Å². The summed E-state index contributed by atoms with van der Waals surface area (Å²) in [4.78, 5) is 4.36. The van der Waals surface area contributed by atoms with Gasteiger partial charge in [-0.1, -0.05) is 34.1 Å². The van der Waals surface area contributed by atoms with Crippen LogP contribution in [0.25, 0.3) is 11.0 Å². The highest BCUT2D eigenvalue weighted by Crippen LogP contribution is 2.20. The van der Waals surface area contributed by atoms with E-state index in [4.69, 9.17) is 5.73 Å². The molecule has 2 N–H and O–H groups in total. The number of nitrogens with zero attached hydrogens (tertiary/aromatic N) is 2. The molecule has 1 aromatic heterocycles. The van der Waals surface area contributed by atoms with Gasteiger partial charge >= 0.3 is 0 Å². The maximum Gasteiger partial charge on any atom is 0.124 e. The number of imidazole rings is 1. The van der Waals surface area contributed by atoms with Crippen molar-refractivity contribution in [1.29, 1.82) is 0 Å². The molecule has 1 heterocycles. The van der Waals surface area contributed by atoms with E-state index in [9.17, 15) is 4.39 Å². The topological polar surface area (TPSA) is 43.8 Å². The Hall–Kier alpha value is -1.72. The number of rotatable bonds is 4. The number of hydrogen-bond acceptors (Lipinski definition) is 2. The molecule has 0 saturated carbocycles. The number of hydrogen-bond donors (Lipinski definition) is 1. The minimum atomic E-state index is -0.250. The lowest BCUT2D eigenvalue weighted by Gasteiger charge is -2.14. The summed E-state index contributed by atoms with van der Waals surface area (Å²) in [5, 5.41) is 0. The Labute approximate surface area is 130 Å². The van der Waals surface area contributed by atoms with E-state index in [1.807, 2.05) is 30.6 Å². The van der Waals surface area contributed by atoms with Crippen molar-refractivity contribution < 1.29 is 4.39 Å². The number of halogens is 2. The molecule has 21 heavy (non-hydrogen) atoms. The van der Waals surface area contributed by atoms with E-state index in [0.717, 1.165) is 21.1 Å². The second-order valence-corrected chi connectivity index (χ2v) is 5.94. The van der Waals surface area contributed by atoms with Gasteiger partial charge < -0.3 is 10.3 Å². The van der Waals surface area contributed by atoms with E-state index in [0.29, 0.717) is 13.0 Å². The number of fused-ring (bicyclic) bond motifs is 1. The van der Waals surface area contributed by atoms with Gasteiger partial charge in [-0.15, -0.1) is 0 Å². The second kappa shape index (κ2) is 5.95. The summed E-state index contributed by atoms with van der Waals surface area (Å²) >= 11 is 3.38. The smallest absolute Gasteiger partial charge is 0.124 e. The van der Waals surface area contributed by atoms with E-state index >= 15 is 0 Å². The van der Waals surface area contributed by atoms with E-state index in [1.165, 1.54) is 12.1 Å². The molecule has 3 aromatic rings. The van der Waals surface area contributed by atoms with Crippen LogP contribution in [0.3, 0.4) is 0 Å². The van der Waals surface area contributed by atoms with Gasteiger partial charge in [0, 0.05) is 17.1 Å². The molecule has 5 heteroatoms. The lowest BCUT2D eigenvalue weighted by Crippen LogP contribution is -2.28. The molecule has 108 valence electrons. The third-order valence-electron chi connectivity index (χ3n) is 3.46. The summed E-state index contributed by atoms with van der Waals surface area (Å²) < 4.78 is 15.9. The van der Waals surface area contributed by atoms with Gasteiger partial charge in [0.15, 0.2) is 0 Å². The van der Waals surface area contributed by atoms with Crippen molar-refractivity contribution in [2.45, 2.75) is 19.0 Å². The van der Waals surface area contributed by atoms with Crippen molar-refractivity contribution in [2.75, 3.05) is 0 Å². The fourth-order valence-electron chi connectivity index (χ4n) is 2.44. The monoisotopic (exact) mass is 347 g/mol. The standard InChI is InChI=1S/C16H15BrFN3/c17-14-8-12(18)6-5-11(14)7-13(19)9-21-10-20-15-3-1-2-4-16(15)21/h1-6,8,10,13H,7,9,19H2. The van der Waals surface area contributed by atoms with Crippen LogP contribution >= 0.6 is 15.9 Å². The molecule has 0 bridgehead atoms. The largest absolute Gasteiger partial charge is 0.329 e. The van der Waals surface area contributed by atoms with Crippen LogP contribution < -0.4 is 5.73 Å². The first-order chi connectivity index (χ1) is 10.1. The minimum absolute atomic E-state index is 0.0654. The molecule has 2 aromatic carbocycles. The molecule has 3 rings (SSSR count). The van der Waals surface area contributed by atoms with Gasteiger partial charge in [0.1, 0.15) is 5.82 Å². The minimum Gasteiger partial charge on any atom is -0.329 e. The van der Waals surface area contributed by atoms with Crippen molar-refractivity contribution >= 4 is 27.0 Å². The normalized spacial score (nSPS) is 12.7. The fraction of sp³-hybridized carbons (Fsp3) is 0.188. The quantitative estimate of drug-likeness (QED) is 0.784. The van der Waals surface area contributed by atoms with Gasteiger partial charge in [-0.2, -0.15) is 0 Å². The van der Waals surface area contributed by atoms with E-state index in [1.54, 1.807) is 6.07 Å². The van der Waals surface area contributed by atoms with Crippen molar-refractivity contribution in [3.8, 4) is 0 Å². The zero-order chi connectivity index (χ0) is 14.8. The molecule has 1 atom stereocenters. The molecule has 0 saturated heterocycles. The van der Waals surface area contributed by atoms with Crippen LogP contribution in [0.15, 0.2) is 53.3 Å². The summed E-state index contributed by atoms with van der Waals surface area (Å²) in [6, 6.07) is 12.6. The van der Waals surface area contributed by atoms with Crippen LogP contribution in [-0.2, 0) is 13.0 Å². The van der Waals surface area contributed by atoms with Gasteiger partial charge in [-0.3, -0.25) is 0 Å². The zero-order valence-corrected chi connectivity index (χ0v) is 12.9. The Morgan fingerprint density at radius 3 is 2.86 bits per heavy atom. The summed E-state index contributed by atoms with van der Waals surface area (Å²) in [5.74, 6) is -0.250. The Balaban J connectivity index is 1.75. The Morgan fingerprint density at radius 1 is 1.24 bits per heavy atom. The summed E-state index contributed by atoms with van der Waals surface area (Å²) in [5.41, 5.74) is 9.28. The molecule has 1 unspecified atom stereocenters. The highest BCUT2D eigenvalue weighted by molar-refractivity contribution is 9.10. The first-order valence-corrected chi connectivity index (χ1v) is 7.52. The first kappa shape index (κ1) is 14.2. The van der Waals surface area contributed by atoms with Gasteiger partial charge in [0.2, 0.25) is 0 Å². The van der Waals surface area contributed by atoms with Crippen LogP contribution in [0.2, 0.25) is 0 Å². The Morgan fingerprint density at radius 2 is 2.05 bits per heavy atom. The zero-order valence-electron chi connectivity index (χ0n) is 11.3. The van der Waals surface area contributed by atoms with Crippen molar-refractivity contribution in [1.82, 2.24) is 9.55 Å². The number of benzene rings is 2. The lowest BCUT2D eigenvalue weighted by atomic mass is 10.1. The van der Waals surface area contributed by atoms with E-state index < -0.39 is 0 Å². The van der Waals surface area contributed by atoms with Crippen molar-refractivity contribution in [3.63, 3.8) is 0 Å². The Bertz CT molecular complexity index is 769. The third kappa shape index (κ3) is 3.14. The molecular weight excluding hydrogens is 333 g/mol. The van der Waals surface area contributed by atoms with Crippen LogP contribution in [0.1, 0.15) is 5.56 Å². The second-order valence-electron chi connectivity index (χ2n) is 5.09. The third-order valence-corrected chi connectivity index (χ3v) is 4.19. The predicted molar refractivity (Wildman–Crippen MR) is 85.5 cm³/mol. The molecule has 3 nitrogen and oxygen atoms in total. The highest BCUT2D eigenvalue weighted by atomic mass is 79.9. The fourth-order valence-corrected chi connectivity index (χ4v) is 2.96. The molecule has 0 radical (unpaired) electrons. The first-order valence-electron chi connectivity index (χ1n) is 6.73. The molecule has 0 aliphatic carbocycles. The average molecular weight is 348 g/mol. The molecule has 0 amide bonds. The number of aromatic nitrogens is 2.